The van der Waals surface area contributed by atoms with Crippen LogP contribution in [0, 0.1) is 0 Å². The van der Waals surface area contributed by atoms with Gasteiger partial charge in [-0.1, -0.05) is 35.9 Å². The molecule has 5 heteroatoms. The van der Waals surface area contributed by atoms with Gasteiger partial charge in [0.05, 0.1) is 17.9 Å². The van der Waals surface area contributed by atoms with Gasteiger partial charge in [-0.2, -0.15) is 5.10 Å². The Kier molecular flexibility index (Phi) is 3.97. The molecule has 1 aromatic heterocycles. The highest BCUT2D eigenvalue weighted by Gasteiger charge is 2.21. The molecule has 2 aromatic rings. The average Bonchev–Trinajstić information content (AvgIpc) is 2.52. The van der Waals surface area contributed by atoms with E-state index in [9.17, 15) is 4.79 Å². The maximum absolute atomic E-state index is 12.0. The zero-order valence-corrected chi connectivity index (χ0v) is 12.7. The topological polar surface area (TPSA) is 46.9 Å². The van der Waals surface area contributed by atoms with Crippen LogP contribution in [0.3, 0.4) is 0 Å². The monoisotopic (exact) mass is 303 g/mol. The molecular weight excluding hydrogens is 286 g/mol. The van der Waals surface area contributed by atoms with Gasteiger partial charge in [0.2, 0.25) is 0 Å². The zero-order valence-electron chi connectivity index (χ0n) is 12.0. The van der Waals surface area contributed by atoms with E-state index in [0.29, 0.717) is 12.2 Å². The summed E-state index contributed by atoms with van der Waals surface area (Å²) in [4.78, 5) is 12.0. The van der Waals surface area contributed by atoms with Crippen molar-refractivity contribution in [3.8, 4) is 0 Å². The molecule has 0 radical (unpaired) electrons. The van der Waals surface area contributed by atoms with Gasteiger partial charge in [0, 0.05) is 6.54 Å². The first-order chi connectivity index (χ1) is 10.2. The van der Waals surface area contributed by atoms with Crippen molar-refractivity contribution in [1.82, 2.24) is 9.78 Å². The van der Waals surface area contributed by atoms with E-state index in [1.54, 1.807) is 6.20 Å². The standard InChI is InChI=1S/C16H18ClN3O/c1-2-20-16(21)15(17)14(10-18-20)19-13-9-5-7-11-6-3-4-8-12(11)13/h3-4,6,8,10,13,19H,2,5,7,9H2,1H3. The first-order valence-corrected chi connectivity index (χ1v) is 7.68. The Bertz CT molecular complexity index is 711. The molecule has 0 fully saturated rings. The van der Waals surface area contributed by atoms with Crippen LogP contribution in [-0.2, 0) is 13.0 Å². The van der Waals surface area contributed by atoms with Gasteiger partial charge in [0.15, 0.2) is 0 Å². The third kappa shape index (κ3) is 2.68. The lowest BCUT2D eigenvalue weighted by Crippen LogP contribution is -2.25. The molecule has 1 atom stereocenters. The van der Waals surface area contributed by atoms with E-state index in [-0.39, 0.29) is 16.6 Å². The van der Waals surface area contributed by atoms with Crippen LogP contribution in [0.25, 0.3) is 0 Å². The van der Waals surface area contributed by atoms with E-state index in [0.717, 1.165) is 19.3 Å². The fourth-order valence-electron chi connectivity index (χ4n) is 2.88. The molecule has 0 aliphatic heterocycles. The predicted octanol–water partition coefficient (Wildman–Crippen LogP) is 3.41. The lowest BCUT2D eigenvalue weighted by molar-refractivity contribution is 0.593. The van der Waals surface area contributed by atoms with Crippen molar-refractivity contribution in [2.24, 2.45) is 0 Å². The molecule has 4 nitrogen and oxygen atoms in total. The largest absolute Gasteiger partial charge is 0.376 e. The van der Waals surface area contributed by atoms with Gasteiger partial charge in [-0.15, -0.1) is 0 Å². The van der Waals surface area contributed by atoms with E-state index in [4.69, 9.17) is 11.6 Å². The molecule has 1 heterocycles. The average molecular weight is 304 g/mol. The molecule has 1 aromatic carbocycles. The van der Waals surface area contributed by atoms with Crippen molar-refractivity contribution in [3.63, 3.8) is 0 Å². The van der Waals surface area contributed by atoms with Crippen LogP contribution in [0.2, 0.25) is 5.02 Å². The Balaban J connectivity index is 1.92. The number of aromatic nitrogens is 2. The normalized spacial score (nSPS) is 17.3. The number of hydrogen-bond donors (Lipinski definition) is 1. The van der Waals surface area contributed by atoms with E-state index in [2.05, 4.69) is 28.6 Å². The van der Waals surface area contributed by atoms with Gasteiger partial charge in [0.25, 0.3) is 5.56 Å². The smallest absolute Gasteiger partial charge is 0.287 e. The fourth-order valence-corrected chi connectivity index (χ4v) is 3.08. The minimum atomic E-state index is -0.242. The first kappa shape index (κ1) is 14.1. The van der Waals surface area contributed by atoms with Crippen molar-refractivity contribution in [3.05, 3.63) is 57.0 Å². The third-order valence-electron chi connectivity index (χ3n) is 3.98. The van der Waals surface area contributed by atoms with Crippen molar-refractivity contribution >= 4 is 17.3 Å². The summed E-state index contributed by atoms with van der Waals surface area (Å²) in [6.07, 6.45) is 4.91. The summed E-state index contributed by atoms with van der Waals surface area (Å²) in [5, 5.41) is 7.74. The lowest BCUT2D eigenvalue weighted by atomic mass is 9.87. The molecule has 21 heavy (non-hydrogen) atoms. The summed E-state index contributed by atoms with van der Waals surface area (Å²) in [5.41, 5.74) is 3.04. The molecule has 1 aliphatic rings. The maximum Gasteiger partial charge on any atom is 0.287 e. The molecule has 3 rings (SSSR count). The molecule has 0 spiro atoms. The van der Waals surface area contributed by atoms with E-state index < -0.39 is 0 Å². The first-order valence-electron chi connectivity index (χ1n) is 7.30. The van der Waals surface area contributed by atoms with Crippen LogP contribution in [-0.4, -0.2) is 9.78 Å². The SMILES string of the molecule is CCn1ncc(NC2CCCc3ccccc32)c(Cl)c1=O. The molecule has 0 saturated carbocycles. The fraction of sp³-hybridized carbons (Fsp3) is 0.375. The number of fused-ring (bicyclic) bond motifs is 1. The lowest BCUT2D eigenvalue weighted by Gasteiger charge is -2.27. The van der Waals surface area contributed by atoms with Gasteiger partial charge in [-0.25, -0.2) is 4.68 Å². The molecule has 110 valence electrons. The Hall–Kier alpha value is -1.81. The van der Waals surface area contributed by atoms with Crippen LogP contribution < -0.4 is 10.9 Å². The van der Waals surface area contributed by atoms with Crippen LogP contribution in [0.1, 0.15) is 36.9 Å². The Morgan fingerprint density at radius 1 is 1.43 bits per heavy atom. The Morgan fingerprint density at radius 2 is 2.24 bits per heavy atom. The van der Waals surface area contributed by atoms with Crippen molar-refractivity contribution < 1.29 is 0 Å². The molecule has 1 unspecified atom stereocenters. The second-order valence-electron chi connectivity index (χ2n) is 5.28. The van der Waals surface area contributed by atoms with Crippen LogP contribution >= 0.6 is 11.6 Å². The molecule has 0 amide bonds. The van der Waals surface area contributed by atoms with Gasteiger partial charge < -0.3 is 5.32 Å². The highest BCUT2D eigenvalue weighted by Crippen LogP contribution is 2.33. The number of hydrogen-bond acceptors (Lipinski definition) is 3. The molecular formula is C16H18ClN3O. The van der Waals surface area contributed by atoms with Crippen molar-refractivity contribution in [2.75, 3.05) is 5.32 Å². The summed E-state index contributed by atoms with van der Waals surface area (Å²) in [6, 6.07) is 8.61. The number of nitrogens with one attached hydrogen (secondary N) is 1. The number of rotatable bonds is 3. The predicted molar refractivity (Wildman–Crippen MR) is 84.9 cm³/mol. The van der Waals surface area contributed by atoms with Crippen LogP contribution in [0.15, 0.2) is 35.3 Å². The summed E-state index contributed by atoms with van der Waals surface area (Å²) >= 11 is 6.19. The number of nitrogens with zero attached hydrogens (tertiary/aromatic N) is 2. The Morgan fingerprint density at radius 3 is 3.05 bits per heavy atom. The van der Waals surface area contributed by atoms with Crippen LogP contribution in [0.4, 0.5) is 5.69 Å². The molecule has 1 aliphatic carbocycles. The van der Waals surface area contributed by atoms with Crippen molar-refractivity contribution in [1.29, 1.82) is 0 Å². The maximum atomic E-state index is 12.0. The summed E-state index contributed by atoms with van der Waals surface area (Å²) < 4.78 is 1.36. The van der Waals surface area contributed by atoms with Crippen LogP contribution in [0.5, 0.6) is 0 Å². The zero-order chi connectivity index (χ0) is 14.8. The van der Waals surface area contributed by atoms with Gasteiger partial charge in [-0.3, -0.25) is 4.79 Å². The van der Waals surface area contributed by atoms with E-state index >= 15 is 0 Å². The number of anilines is 1. The number of benzene rings is 1. The number of aryl methyl sites for hydroxylation is 2. The molecule has 0 saturated heterocycles. The Labute approximate surface area is 128 Å². The molecule has 1 N–H and O–H groups in total. The second kappa shape index (κ2) is 5.90. The quantitative estimate of drug-likeness (QED) is 0.945. The minimum Gasteiger partial charge on any atom is -0.376 e. The molecule has 0 bridgehead atoms. The van der Waals surface area contributed by atoms with Gasteiger partial charge in [-0.05, 0) is 37.3 Å². The summed E-state index contributed by atoms with van der Waals surface area (Å²) in [6.45, 7) is 2.39. The summed E-state index contributed by atoms with van der Waals surface area (Å²) in [5.74, 6) is 0. The van der Waals surface area contributed by atoms with E-state index in [1.165, 1.54) is 15.8 Å². The second-order valence-corrected chi connectivity index (χ2v) is 5.66. The third-order valence-corrected chi connectivity index (χ3v) is 4.35. The van der Waals surface area contributed by atoms with Gasteiger partial charge >= 0.3 is 0 Å². The highest BCUT2D eigenvalue weighted by molar-refractivity contribution is 6.32. The van der Waals surface area contributed by atoms with Crippen molar-refractivity contribution in [2.45, 2.75) is 38.8 Å². The minimum absolute atomic E-state index is 0.186. The number of halogens is 1. The van der Waals surface area contributed by atoms with Gasteiger partial charge in [0.1, 0.15) is 5.02 Å². The summed E-state index contributed by atoms with van der Waals surface area (Å²) in [7, 11) is 0. The highest BCUT2D eigenvalue weighted by atomic mass is 35.5. The van der Waals surface area contributed by atoms with E-state index in [1.807, 2.05) is 13.0 Å².